The standard InChI is InChI=1S/C9H10O2/c1-3-8-5-6-7(10-6)9(8,4-2)11-8/h3-4,6-7H,1-2,5H2. The van der Waals surface area contributed by atoms with Gasteiger partial charge in [0, 0.05) is 6.42 Å². The van der Waals surface area contributed by atoms with Gasteiger partial charge in [-0.25, -0.2) is 0 Å². The molecule has 2 nitrogen and oxygen atoms in total. The van der Waals surface area contributed by atoms with Crippen LogP contribution < -0.4 is 0 Å². The zero-order chi connectivity index (χ0) is 7.69. The van der Waals surface area contributed by atoms with Crippen molar-refractivity contribution in [2.24, 2.45) is 0 Å². The van der Waals surface area contributed by atoms with E-state index in [1.54, 1.807) is 0 Å². The third-order valence-electron chi connectivity index (χ3n) is 3.11. The van der Waals surface area contributed by atoms with E-state index in [1.807, 2.05) is 12.2 Å². The zero-order valence-corrected chi connectivity index (χ0v) is 6.25. The fourth-order valence-electron chi connectivity index (χ4n) is 2.37. The van der Waals surface area contributed by atoms with Gasteiger partial charge in [-0.05, 0) is 0 Å². The summed E-state index contributed by atoms with van der Waals surface area (Å²) in [5.41, 5.74) is -0.304. The number of epoxide rings is 2. The molecule has 0 aromatic heterocycles. The molecule has 3 fully saturated rings. The molecule has 3 aliphatic rings. The average molecular weight is 150 g/mol. The fraction of sp³-hybridized carbons (Fsp3) is 0.556. The summed E-state index contributed by atoms with van der Waals surface area (Å²) in [6.07, 6.45) is 5.42. The zero-order valence-electron chi connectivity index (χ0n) is 6.25. The van der Waals surface area contributed by atoms with Crippen LogP contribution in [-0.4, -0.2) is 23.4 Å². The highest BCUT2D eigenvalue weighted by Gasteiger charge is 2.83. The van der Waals surface area contributed by atoms with E-state index >= 15 is 0 Å². The maximum atomic E-state index is 5.62. The molecule has 2 saturated heterocycles. The van der Waals surface area contributed by atoms with E-state index in [0.29, 0.717) is 6.10 Å². The molecule has 0 amide bonds. The lowest BCUT2D eigenvalue weighted by Crippen LogP contribution is -2.21. The lowest BCUT2D eigenvalue weighted by Gasteiger charge is -2.04. The second-order valence-corrected chi connectivity index (χ2v) is 3.49. The highest BCUT2D eigenvalue weighted by molar-refractivity contribution is 5.42. The molecule has 11 heavy (non-hydrogen) atoms. The van der Waals surface area contributed by atoms with Gasteiger partial charge in [0.25, 0.3) is 0 Å². The van der Waals surface area contributed by atoms with Crippen LogP contribution in [0.1, 0.15) is 6.42 Å². The third-order valence-corrected chi connectivity index (χ3v) is 3.11. The molecular formula is C9H10O2. The number of hydrogen-bond donors (Lipinski definition) is 0. The van der Waals surface area contributed by atoms with Crippen molar-refractivity contribution in [3.8, 4) is 0 Å². The minimum atomic E-state index is -0.195. The summed E-state index contributed by atoms with van der Waals surface area (Å²) in [5, 5.41) is 0. The highest BCUT2D eigenvalue weighted by atomic mass is 16.7. The highest BCUT2D eigenvalue weighted by Crippen LogP contribution is 2.68. The Morgan fingerprint density at radius 1 is 1.36 bits per heavy atom. The quantitative estimate of drug-likeness (QED) is 0.434. The molecule has 0 N–H and O–H groups in total. The third kappa shape index (κ3) is 0.411. The molecule has 0 aromatic carbocycles. The first-order valence-corrected chi connectivity index (χ1v) is 3.91. The molecule has 1 aliphatic carbocycles. The van der Waals surface area contributed by atoms with Gasteiger partial charge in [-0.15, -0.1) is 13.2 Å². The van der Waals surface area contributed by atoms with E-state index in [2.05, 4.69) is 13.2 Å². The lowest BCUT2D eigenvalue weighted by atomic mass is 9.95. The number of rotatable bonds is 2. The second kappa shape index (κ2) is 1.32. The number of hydrogen-bond acceptors (Lipinski definition) is 2. The molecule has 0 bridgehead atoms. The smallest absolute Gasteiger partial charge is 0.148 e. The van der Waals surface area contributed by atoms with Gasteiger partial charge < -0.3 is 9.47 Å². The Kier molecular flexibility index (Phi) is 0.718. The minimum absolute atomic E-state index is 0.109. The van der Waals surface area contributed by atoms with E-state index in [9.17, 15) is 0 Å². The molecular weight excluding hydrogens is 140 g/mol. The Bertz CT molecular complexity index is 260. The van der Waals surface area contributed by atoms with E-state index < -0.39 is 0 Å². The van der Waals surface area contributed by atoms with Crippen LogP contribution >= 0.6 is 0 Å². The molecule has 2 aliphatic heterocycles. The van der Waals surface area contributed by atoms with Crippen molar-refractivity contribution >= 4 is 0 Å². The van der Waals surface area contributed by atoms with E-state index in [0.717, 1.165) is 6.42 Å². The number of ether oxygens (including phenoxy) is 2. The molecule has 4 unspecified atom stereocenters. The van der Waals surface area contributed by atoms with E-state index in [-0.39, 0.29) is 17.3 Å². The Morgan fingerprint density at radius 2 is 2.18 bits per heavy atom. The van der Waals surface area contributed by atoms with Crippen LogP contribution in [0.5, 0.6) is 0 Å². The minimum Gasteiger partial charge on any atom is -0.366 e. The molecule has 2 heteroatoms. The SMILES string of the molecule is C=CC12CC3OC3C1(C=C)O2. The molecule has 4 atom stereocenters. The Labute approximate surface area is 65.5 Å². The Hall–Kier alpha value is -0.600. The van der Waals surface area contributed by atoms with Gasteiger partial charge in [0.05, 0.1) is 6.10 Å². The van der Waals surface area contributed by atoms with Crippen LogP contribution in [0.4, 0.5) is 0 Å². The monoisotopic (exact) mass is 150 g/mol. The van der Waals surface area contributed by atoms with Gasteiger partial charge in [-0.2, -0.15) is 0 Å². The summed E-state index contributed by atoms with van der Waals surface area (Å²) in [6, 6.07) is 0. The molecule has 0 spiro atoms. The maximum absolute atomic E-state index is 5.62. The van der Waals surface area contributed by atoms with Crippen LogP contribution in [0.25, 0.3) is 0 Å². The van der Waals surface area contributed by atoms with Gasteiger partial charge in [0.15, 0.2) is 0 Å². The molecule has 1 saturated carbocycles. The first kappa shape index (κ1) is 5.98. The summed E-state index contributed by atoms with van der Waals surface area (Å²) in [4.78, 5) is 0. The largest absolute Gasteiger partial charge is 0.366 e. The van der Waals surface area contributed by atoms with Crippen molar-refractivity contribution in [1.82, 2.24) is 0 Å². The molecule has 2 heterocycles. The van der Waals surface area contributed by atoms with Crippen molar-refractivity contribution in [2.45, 2.75) is 29.8 Å². The van der Waals surface area contributed by atoms with Gasteiger partial charge >= 0.3 is 0 Å². The first-order chi connectivity index (χ1) is 5.28. The second-order valence-electron chi connectivity index (χ2n) is 3.49. The summed E-state index contributed by atoms with van der Waals surface area (Å²) < 4.78 is 11.0. The summed E-state index contributed by atoms with van der Waals surface area (Å²) in [7, 11) is 0. The van der Waals surface area contributed by atoms with Crippen LogP contribution in [-0.2, 0) is 9.47 Å². The normalized spacial score (nSPS) is 62.9. The topological polar surface area (TPSA) is 25.1 Å². The average Bonchev–Trinajstić information content (AvgIpc) is 2.89. The van der Waals surface area contributed by atoms with Gasteiger partial charge in [0.2, 0.25) is 0 Å². The summed E-state index contributed by atoms with van der Waals surface area (Å²) >= 11 is 0. The van der Waals surface area contributed by atoms with Crippen LogP contribution in [0.2, 0.25) is 0 Å². The van der Waals surface area contributed by atoms with Crippen molar-refractivity contribution in [1.29, 1.82) is 0 Å². The van der Waals surface area contributed by atoms with Crippen LogP contribution in [0, 0.1) is 0 Å². The van der Waals surface area contributed by atoms with Gasteiger partial charge in [0.1, 0.15) is 17.3 Å². The predicted octanol–water partition coefficient (Wildman–Crippen LogP) is 1.04. The molecule has 0 aromatic rings. The predicted molar refractivity (Wildman–Crippen MR) is 40.2 cm³/mol. The fourth-order valence-corrected chi connectivity index (χ4v) is 2.37. The summed E-state index contributed by atoms with van der Waals surface area (Å²) in [6.45, 7) is 7.55. The molecule has 3 rings (SSSR count). The Morgan fingerprint density at radius 3 is 2.73 bits per heavy atom. The summed E-state index contributed by atoms with van der Waals surface area (Å²) in [5.74, 6) is 0. The van der Waals surface area contributed by atoms with Gasteiger partial charge in [-0.1, -0.05) is 12.2 Å². The van der Waals surface area contributed by atoms with Crippen molar-refractivity contribution in [2.75, 3.05) is 0 Å². The van der Waals surface area contributed by atoms with E-state index in [4.69, 9.17) is 9.47 Å². The Balaban J connectivity index is 2.05. The number of fused-ring (bicyclic) bond motifs is 3. The maximum Gasteiger partial charge on any atom is 0.148 e. The molecule has 58 valence electrons. The van der Waals surface area contributed by atoms with Crippen LogP contribution in [0.3, 0.4) is 0 Å². The van der Waals surface area contributed by atoms with Crippen molar-refractivity contribution in [3.05, 3.63) is 25.3 Å². The van der Waals surface area contributed by atoms with Gasteiger partial charge in [-0.3, -0.25) is 0 Å². The van der Waals surface area contributed by atoms with E-state index in [1.165, 1.54) is 0 Å². The molecule has 0 radical (unpaired) electrons. The first-order valence-electron chi connectivity index (χ1n) is 3.91. The van der Waals surface area contributed by atoms with Crippen LogP contribution in [0.15, 0.2) is 25.3 Å². The van der Waals surface area contributed by atoms with Crippen molar-refractivity contribution < 1.29 is 9.47 Å². The lowest BCUT2D eigenvalue weighted by molar-refractivity contribution is 0.268. The van der Waals surface area contributed by atoms with Crippen molar-refractivity contribution in [3.63, 3.8) is 0 Å².